The van der Waals surface area contributed by atoms with Crippen molar-refractivity contribution in [2.45, 2.75) is 25.9 Å². The maximum absolute atomic E-state index is 12.0. The van der Waals surface area contributed by atoms with Gasteiger partial charge in [0.25, 0.3) is 18.0 Å². The molecule has 0 bridgehead atoms. The van der Waals surface area contributed by atoms with Gasteiger partial charge in [-0.05, 0) is 18.6 Å². The fourth-order valence-electron chi connectivity index (χ4n) is 2.07. The number of nitrogens with zero attached hydrogens (tertiary/aromatic N) is 2. The van der Waals surface area contributed by atoms with Crippen molar-refractivity contribution in [3.63, 3.8) is 0 Å². The Morgan fingerprint density at radius 3 is 2.11 bits per heavy atom. The maximum Gasteiger partial charge on any atom is 0.296 e. The highest BCUT2D eigenvalue weighted by Gasteiger charge is 2.44. The number of carbonyl (C=O) groups excluding carboxylic acids is 2. The lowest BCUT2D eigenvalue weighted by Crippen LogP contribution is -2.44. The van der Waals surface area contributed by atoms with E-state index in [-0.39, 0.29) is 17.5 Å². The van der Waals surface area contributed by atoms with Crippen molar-refractivity contribution in [3.8, 4) is 0 Å². The second-order valence-corrected chi connectivity index (χ2v) is 4.08. The molecule has 0 fully saturated rings. The number of nitro groups is 1. The molecule has 0 radical (unpaired) electrons. The van der Waals surface area contributed by atoms with Crippen molar-refractivity contribution in [3.05, 3.63) is 45.5 Å². The molecule has 1 aromatic rings. The van der Waals surface area contributed by atoms with Crippen LogP contribution in [0.5, 0.6) is 0 Å². The monoisotopic (exact) mass is 248 g/mol. The maximum atomic E-state index is 12.0. The van der Waals surface area contributed by atoms with Gasteiger partial charge in [-0.25, -0.2) is 4.90 Å². The number of hydrogen-bond donors (Lipinski definition) is 0. The Labute approximate surface area is 103 Å². The molecule has 0 saturated carbocycles. The Kier molecular flexibility index (Phi) is 3.10. The fraction of sp³-hybridized carbons (Fsp3) is 0.333. The molecule has 18 heavy (non-hydrogen) atoms. The summed E-state index contributed by atoms with van der Waals surface area (Å²) < 4.78 is 0. The Balaban J connectivity index is 2.41. The Morgan fingerprint density at radius 1 is 1.22 bits per heavy atom. The molecule has 6 nitrogen and oxygen atoms in total. The van der Waals surface area contributed by atoms with Gasteiger partial charge in [0.1, 0.15) is 0 Å². The number of imide groups is 1. The van der Waals surface area contributed by atoms with E-state index in [0.29, 0.717) is 6.42 Å². The van der Waals surface area contributed by atoms with E-state index in [1.165, 1.54) is 12.1 Å². The van der Waals surface area contributed by atoms with Crippen LogP contribution < -0.4 is 0 Å². The van der Waals surface area contributed by atoms with Crippen LogP contribution in [-0.2, 0) is 0 Å². The number of fused-ring (bicyclic) bond motifs is 1. The first kappa shape index (κ1) is 12.2. The van der Waals surface area contributed by atoms with Gasteiger partial charge in [0.2, 0.25) is 0 Å². The normalized spacial score (nSPS) is 15.7. The largest absolute Gasteiger partial charge is 0.296 e. The number of hydrogen-bond acceptors (Lipinski definition) is 4. The molecule has 1 aliphatic heterocycles. The van der Waals surface area contributed by atoms with Gasteiger partial charge < -0.3 is 0 Å². The summed E-state index contributed by atoms with van der Waals surface area (Å²) in [6.45, 7) is 1.77. The topological polar surface area (TPSA) is 80.5 Å². The summed E-state index contributed by atoms with van der Waals surface area (Å²) in [5.41, 5.74) is 0.482. The molecule has 0 saturated heterocycles. The van der Waals surface area contributed by atoms with E-state index in [1.54, 1.807) is 19.1 Å². The fourth-order valence-corrected chi connectivity index (χ4v) is 2.07. The number of amides is 2. The van der Waals surface area contributed by atoms with E-state index in [4.69, 9.17) is 0 Å². The Bertz CT molecular complexity index is 492. The van der Waals surface area contributed by atoms with E-state index >= 15 is 0 Å². The van der Waals surface area contributed by atoms with Gasteiger partial charge in [0.15, 0.2) is 0 Å². The third-order valence-electron chi connectivity index (χ3n) is 2.91. The second-order valence-electron chi connectivity index (χ2n) is 4.08. The minimum atomic E-state index is -1.28. The minimum Gasteiger partial charge on any atom is -0.268 e. The van der Waals surface area contributed by atoms with Crippen molar-refractivity contribution < 1.29 is 14.5 Å². The highest BCUT2D eigenvalue weighted by atomic mass is 16.6. The van der Waals surface area contributed by atoms with Gasteiger partial charge in [-0.15, -0.1) is 0 Å². The van der Waals surface area contributed by atoms with Gasteiger partial charge in [-0.1, -0.05) is 19.1 Å². The quantitative estimate of drug-likeness (QED) is 0.461. The summed E-state index contributed by atoms with van der Waals surface area (Å²) in [6, 6.07) is 6.29. The predicted octanol–water partition coefficient (Wildman–Crippen LogP) is 1.69. The van der Waals surface area contributed by atoms with Crippen molar-refractivity contribution in [1.29, 1.82) is 0 Å². The third-order valence-corrected chi connectivity index (χ3v) is 2.91. The van der Waals surface area contributed by atoms with Crippen LogP contribution in [0, 0.1) is 10.1 Å². The molecule has 1 heterocycles. The average Bonchev–Trinajstić information content (AvgIpc) is 2.60. The predicted molar refractivity (Wildman–Crippen MR) is 62.6 cm³/mol. The van der Waals surface area contributed by atoms with E-state index in [2.05, 4.69) is 0 Å². The molecule has 0 N–H and O–H groups in total. The highest BCUT2D eigenvalue weighted by Crippen LogP contribution is 2.26. The molecule has 0 aliphatic carbocycles. The minimum absolute atomic E-state index is 0.165. The molecule has 6 heteroatoms. The van der Waals surface area contributed by atoms with Gasteiger partial charge in [-0.2, -0.15) is 0 Å². The molecular formula is C12H12N2O4. The molecule has 1 aliphatic rings. The van der Waals surface area contributed by atoms with Crippen LogP contribution in [0.1, 0.15) is 40.5 Å². The zero-order chi connectivity index (χ0) is 13.3. The zero-order valence-electron chi connectivity index (χ0n) is 9.83. The van der Waals surface area contributed by atoms with E-state index in [0.717, 1.165) is 4.90 Å². The molecule has 1 unspecified atom stereocenters. The van der Waals surface area contributed by atoms with E-state index in [9.17, 15) is 19.7 Å². The summed E-state index contributed by atoms with van der Waals surface area (Å²) in [7, 11) is 0. The smallest absolute Gasteiger partial charge is 0.268 e. The van der Waals surface area contributed by atoms with Crippen LogP contribution >= 0.6 is 0 Å². The molecule has 2 rings (SSSR count). The SMILES string of the molecule is CCCC(N1C(=O)c2ccccc2C1=O)[N+](=O)[O-]. The Hall–Kier alpha value is -2.24. The van der Waals surface area contributed by atoms with Gasteiger partial charge in [-0.3, -0.25) is 19.7 Å². The lowest BCUT2D eigenvalue weighted by molar-refractivity contribution is -0.541. The van der Waals surface area contributed by atoms with Gasteiger partial charge in [0, 0.05) is 11.3 Å². The van der Waals surface area contributed by atoms with Gasteiger partial charge >= 0.3 is 0 Å². The first-order chi connectivity index (χ1) is 8.57. The summed E-state index contributed by atoms with van der Waals surface area (Å²) in [4.78, 5) is 35.2. The number of rotatable bonds is 4. The average molecular weight is 248 g/mol. The molecule has 0 spiro atoms. The first-order valence-corrected chi connectivity index (χ1v) is 5.68. The van der Waals surface area contributed by atoms with Crippen molar-refractivity contribution in [1.82, 2.24) is 4.90 Å². The summed E-state index contributed by atoms with van der Waals surface area (Å²) in [6.07, 6.45) is -0.584. The van der Waals surface area contributed by atoms with Gasteiger partial charge in [0.05, 0.1) is 11.1 Å². The molecule has 94 valence electrons. The van der Waals surface area contributed by atoms with Crippen LogP contribution in [0.15, 0.2) is 24.3 Å². The lowest BCUT2D eigenvalue weighted by atomic mass is 10.1. The molecule has 0 aromatic heterocycles. The van der Waals surface area contributed by atoms with Crippen molar-refractivity contribution >= 4 is 11.8 Å². The van der Waals surface area contributed by atoms with Crippen molar-refractivity contribution in [2.75, 3.05) is 0 Å². The second kappa shape index (κ2) is 4.56. The Morgan fingerprint density at radius 2 is 1.72 bits per heavy atom. The molecular weight excluding hydrogens is 236 g/mol. The molecule has 1 atom stereocenters. The van der Waals surface area contributed by atoms with Crippen LogP contribution in [0.4, 0.5) is 0 Å². The zero-order valence-corrected chi connectivity index (χ0v) is 9.83. The van der Waals surface area contributed by atoms with Crippen LogP contribution in [-0.4, -0.2) is 27.8 Å². The standard InChI is InChI=1S/C12H12N2O4/c1-2-5-10(14(17)18)13-11(15)8-6-3-4-7-9(8)12(13)16/h3-4,6-7,10H,2,5H2,1H3. The number of carbonyl (C=O) groups is 2. The van der Waals surface area contributed by atoms with Crippen LogP contribution in [0.2, 0.25) is 0 Å². The first-order valence-electron chi connectivity index (χ1n) is 5.68. The molecule has 1 aromatic carbocycles. The van der Waals surface area contributed by atoms with Crippen molar-refractivity contribution in [2.24, 2.45) is 0 Å². The highest BCUT2D eigenvalue weighted by molar-refractivity contribution is 6.21. The van der Waals surface area contributed by atoms with E-state index < -0.39 is 22.9 Å². The summed E-state index contributed by atoms with van der Waals surface area (Å²) in [5.74, 6) is -1.16. The van der Waals surface area contributed by atoms with Crippen LogP contribution in [0.3, 0.4) is 0 Å². The van der Waals surface area contributed by atoms with Crippen LogP contribution in [0.25, 0.3) is 0 Å². The molecule has 2 amide bonds. The lowest BCUT2D eigenvalue weighted by Gasteiger charge is -2.18. The third kappa shape index (κ3) is 1.75. The number of benzene rings is 1. The summed E-state index contributed by atoms with van der Waals surface area (Å²) in [5, 5.41) is 11.0. The summed E-state index contributed by atoms with van der Waals surface area (Å²) >= 11 is 0. The van der Waals surface area contributed by atoms with E-state index in [1.807, 2.05) is 0 Å².